The van der Waals surface area contributed by atoms with Crippen LogP contribution in [0.3, 0.4) is 0 Å². The van der Waals surface area contributed by atoms with Crippen molar-refractivity contribution in [3.8, 4) is 5.75 Å². The second-order valence-electron chi connectivity index (χ2n) is 6.27. The first-order chi connectivity index (χ1) is 13.9. The van der Waals surface area contributed by atoms with E-state index < -0.39 is 18.0 Å². The van der Waals surface area contributed by atoms with Crippen LogP contribution in [0.25, 0.3) is 0 Å². The molecule has 0 aliphatic carbocycles. The lowest BCUT2D eigenvalue weighted by Gasteiger charge is -2.15. The third-order valence-corrected chi connectivity index (χ3v) is 3.95. The summed E-state index contributed by atoms with van der Waals surface area (Å²) in [6.07, 6.45) is -1.07. The van der Waals surface area contributed by atoms with Crippen molar-refractivity contribution in [3.05, 3.63) is 77.3 Å². The van der Waals surface area contributed by atoms with E-state index in [0.717, 1.165) is 5.56 Å². The molecule has 1 aromatic heterocycles. The highest BCUT2D eigenvalue weighted by Gasteiger charge is 2.22. The van der Waals surface area contributed by atoms with Gasteiger partial charge in [0.05, 0.1) is 0 Å². The van der Waals surface area contributed by atoms with Gasteiger partial charge in [-0.05, 0) is 43.7 Å². The topological polar surface area (TPSA) is 90.7 Å². The fourth-order valence-corrected chi connectivity index (χ4v) is 2.43. The Labute approximate surface area is 166 Å². The Morgan fingerprint density at radius 2 is 1.90 bits per heavy atom. The lowest BCUT2D eigenvalue weighted by molar-refractivity contribution is -0.123. The number of ether oxygens (including phenoxy) is 2. The van der Waals surface area contributed by atoms with Crippen LogP contribution < -0.4 is 10.1 Å². The number of esters is 1. The fraction of sp³-hybridized carbons (Fsp3) is 0.190. The monoisotopic (exact) mass is 398 g/mol. The Hall–Kier alpha value is -3.68. The molecule has 2 aromatic carbocycles. The molecule has 0 fully saturated rings. The van der Waals surface area contributed by atoms with Crippen LogP contribution >= 0.6 is 0 Å². The first-order valence-electron chi connectivity index (χ1n) is 8.84. The predicted molar refractivity (Wildman–Crippen MR) is 102 cm³/mol. The van der Waals surface area contributed by atoms with Crippen molar-refractivity contribution in [2.75, 3.05) is 5.32 Å². The SMILES string of the molecule is Cc1cc(NC(=O)[C@H](C)OC(=O)c2ccccc2OCc2ccc(F)cc2)no1. The maximum atomic E-state index is 13.0. The molecule has 29 heavy (non-hydrogen) atoms. The molecule has 0 unspecified atom stereocenters. The summed E-state index contributed by atoms with van der Waals surface area (Å²) in [5.74, 6) is -0.530. The lowest BCUT2D eigenvalue weighted by atomic mass is 10.2. The molecule has 8 heteroatoms. The number of benzene rings is 2. The molecule has 1 N–H and O–H groups in total. The molecule has 150 valence electrons. The van der Waals surface area contributed by atoms with Gasteiger partial charge < -0.3 is 19.3 Å². The van der Waals surface area contributed by atoms with E-state index in [1.165, 1.54) is 25.1 Å². The first kappa shape index (κ1) is 20.1. The summed E-state index contributed by atoms with van der Waals surface area (Å²) in [5.41, 5.74) is 0.914. The minimum Gasteiger partial charge on any atom is -0.488 e. The summed E-state index contributed by atoms with van der Waals surface area (Å²) in [5, 5.41) is 6.16. The maximum Gasteiger partial charge on any atom is 0.342 e. The number of halogens is 1. The summed E-state index contributed by atoms with van der Waals surface area (Å²) in [7, 11) is 0. The van der Waals surface area contributed by atoms with Crippen molar-refractivity contribution in [3.63, 3.8) is 0 Å². The van der Waals surface area contributed by atoms with Crippen molar-refractivity contribution in [2.45, 2.75) is 26.6 Å². The summed E-state index contributed by atoms with van der Waals surface area (Å²) >= 11 is 0. The molecule has 0 saturated carbocycles. The molecular formula is C21H19FN2O5. The van der Waals surface area contributed by atoms with Gasteiger partial charge in [0.2, 0.25) is 0 Å². The Bertz CT molecular complexity index is 1000. The predicted octanol–water partition coefficient (Wildman–Crippen LogP) is 3.89. The molecule has 0 bridgehead atoms. The van der Waals surface area contributed by atoms with E-state index in [-0.39, 0.29) is 23.8 Å². The van der Waals surface area contributed by atoms with Crippen LogP contribution in [0.5, 0.6) is 5.75 Å². The number of nitrogens with one attached hydrogen (secondary N) is 1. The van der Waals surface area contributed by atoms with Crippen LogP contribution in [0, 0.1) is 12.7 Å². The minimum atomic E-state index is -1.07. The van der Waals surface area contributed by atoms with Gasteiger partial charge in [0, 0.05) is 6.07 Å². The lowest BCUT2D eigenvalue weighted by Crippen LogP contribution is -2.30. The molecule has 0 aliphatic rings. The number of carbonyl (C=O) groups is 2. The molecule has 3 rings (SSSR count). The number of aryl methyl sites for hydroxylation is 1. The summed E-state index contributed by atoms with van der Waals surface area (Å²) in [4.78, 5) is 24.7. The van der Waals surface area contributed by atoms with E-state index >= 15 is 0 Å². The van der Waals surface area contributed by atoms with Gasteiger partial charge in [-0.2, -0.15) is 0 Å². The normalized spacial score (nSPS) is 11.6. The van der Waals surface area contributed by atoms with Crippen molar-refractivity contribution >= 4 is 17.7 Å². The molecule has 0 spiro atoms. The van der Waals surface area contributed by atoms with Crippen LogP contribution in [0.1, 0.15) is 28.6 Å². The quantitative estimate of drug-likeness (QED) is 0.608. The van der Waals surface area contributed by atoms with Crippen LogP contribution in [-0.2, 0) is 16.1 Å². The van der Waals surface area contributed by atoms with Crippen molar-refractivity contribution in [2.24, 2.45) is 0 Å². The second-order valence-corrected chi connectivity index (χ2v) is 6.27. The third kappa shape index (κ3) is 5.41. The van der Waals surface area contributed by atoms with Crippen molar-refractivity contribution in [1.29, 1.82) is 0 Å². The maximum absolute atomic E-state index is 13.0. The van der Waals surface area contributed by atoms with E-state index in [2.05, 4.69) is 10.5 Å². The van der Waals surface area contributed by atoms with Crippen molar-refractivity contribution < 1.29 is 28.0 Å². The number of amides is 1. The third-order valence-electron chi connectivity index (χ3n) is 3.95. The van der Waals surface area contributed by atoms with Gasteiger partial charge >= 0.3 is 5.97 Å². The highest BCUT2D eigenvalue weighted by Crippen LogP contribution is 2.21. The van der Waals surface area contributed by atoms with E-state index in [9.17, 15) is 14.0 Å². The molecule has 7 nitrogen and oxygen atoms in total. The van der Waals surface area contributed by atoms with Gasteiger partial charge in [0.25, 0.3) is 5.91 Å². The molecule has 1 atom stereocenters. The van der Waals surface area contributed by atoms with E-state index in [1.54, 1.807) is 43.3 Å². The number of hydrogen-bond acceptors (Lipinski definition) is 6. The number of nitrogens with zero attached hydrogens (tertiary/aromatic N) is 1. The minimum absolute atomic E-state index is 0.145. The number of aromatic nitrogens is 1. The number of para-hydroxylation sites is 1. The average molecular weight is 398 g/mol. The van der Waals surface area contributed by atoms with Gasteiger partial charge in [0.15, 0.2) is 11.9 Å². The van der Waals surface area contributed by atoms with Gasteiger partial charge in [0.1, 0.15) is 29.5 Å². The molecule has 1 heterocycles. The van der Waals surface area contributed by atoms with E-state index in [0.29, 0.717) is 11.5 Å². The van der Waals surface area contributed by atoms with Gasteiger partial charge in [-0.15, -0.1) is 0 Å². The zero-order valence-electron chi connectivity index (χ0n) is 15.8. The Balaban J connectivity index is 1.62. The molecule has 1 amide bonds. The number of carbonyl (C=O) groups excluding carboxylic acids is 2. The van der Waals surface area contributed by atoms with Crippen LogP contribution in [0.4, 0.5) is 10.2 Å². The second kappa shape index (κ2) is 9.01. The van der Waals surface area contributed by atoms with Gasteiger partial charge in [-0.1, -0.05) is 29.4 Å². The van der Waals surface area contributed by atoms with Crippen LogP contribution in [0.15, 0.2) is 59.1 Å². The van der Waals surface area contributed by atoms with Gasteiger partial charge in [-0.3, -0.25) is 4.79 Å². The first-order valence-corrected chi connectivity index (χ1v) is 8.84. The Morgan fingerprint density at radius 3 is 2.59 bits per heavy atom. The number of anilines is 1. The molecule has 3 aromatic rings. The van der Waals surface area contributed by atoms with E-state index in [4.69, 9.17) is 14.0 Å². The van der Waals surface area contributed by atoms with Gasteiger partial charge in [-0.25, -0.2) is 9.18 Å². The molecule has 0 aliphatic heterocycles. The summed E-state index contributed by atoms with van der Waals surface area (Å²) in [6.45, 7) is 3.28. The summed E-state index contributed by atoms with van der Waals surface area (Å²) < 4.78 is 28.8. The van der Waals surface area contributed by atoms with Crippen LogP contribution in [-0.4, -0.2) is 23.1 Å². The highest BCUT2D eigenvalue weighted by molar-refractivity contribution is 5.97. The zero-order valence-corrected chi connectivity index (χ0v) is 15.8. The highest BCUT2D eigenvalue weighted by atomic mass is 19.1. The standard InChI is InChI=1S/C21H19FN2O5/c1-13-11-19(24-29-13)23-20(25)14(2)28-21(26)17-5-3-4-6-18(17)27-12-15-7-9-16(22)10-8-15/h3-11,14H,12H2,1-2H3,(H,23,24,25)/t14-/m0/s1. The smallest absolute Gasteiger partial charge is 0.342 e. The number of hydrogen-bond donors (Lipinski definition) is 1. The Morgan fingerprint density at radius 1 is 1.17 bits per heavy atom. The van der Waals surface area contributed by atoms with Crippen molar-refractivity contribution in [1.82, 2.24) is 5.16 Å². The average Bonchev–Trinajstić information content (AvgIpc) is 3.12. The summed E-state index contributed by atoms with van der Waals surface area (Å²) in [6, 6.07) is 13.9. The molecule has 0 radical (unpaired) electrons. The number of rotatable bonds is 7. The van der Waals surface area contributed by atoms with E-state index in [1.807, 2.05) is 0 Å². The Kier molecular flexibility index (Phi) is 6.23. The van der Waals surface area contributed by atoms with Crippen LogP contribution in [0.2, 0.25) is 0 Å². The largest absolute Gasteiger partial charge is 0.488 e. The molecular weight excluding hydrogens is 379 g/mol. The fourth-order valence-electron chi connectivity index (χ4n) is 2.43. The molecule has 0 saturated heterocycles. The zero-order chi connectivity index (χ0) is 20.8.